The SMILES string of the molecule is C[C@]12CC[C@H]3[C@@H](C=C[C@]45C[C@@H]4CC[C@]35C)[C@@H]1CCC2=O. The number of fused-ring (bicyclic) bond motifs is 4. The average molecular weight is 270 g/mol. The molecular weight excluding hydrogens is 244 g/mol. The molecule has 0 radical (unpaired) electrons. The van der Waals surface area contributed by atoms with Crippen molar-refractivity contribution < 1.29 is 4.79 Å². The second-order valence-electron chi connectivity index (χ2n) is 8.97. The summed E-state index contributed by atoms with van der Waals surface area (Å²) in [6.07, 6.45) is 14.1. The summed E-state index contributed by atoms with van der Waals surface area (Å²) in [6.45, 7) is 4.87. The van der Waals surface area contributed by atoms with Gasteiger partial charge in [0.05, 0.1) is 0 Å². The fraction of sp³-hybridized carbons (Fsp3) is 0.842. The molecule has 0 unspecified atom stereocenters. The number of hydrogen-bond acceptors (Lipinski definition) is 1. The first-order chi connectivity index (χ1) is 9.51. The van der Waals surface area contributed by atoms with Crippen molar-refractivity contribution in [2.75, 3.05) is 0 Å². The lowest BCUT2D eigenvalue weighted by Crippen LogP contribution is -2.50. The van der Waals surface area contributed by atoms with E-state index in [2.05, 4.69) is 26.0 Å². The zero-order chi connectivity index (χ0) is 13.8. The molecule has 5 aliphatic carbocycles. The van der Waals surface area contributed by atoms with E-state index in [1.54, 1.807) is 0 Å². The number of ketones is 1. The molecule has 7 atom stereocenters. The van der Waals surface area contributed by atoms with Crippen molar-refractivity contribution in [1.29, 1.82) is 0 Å². The second-order valence-corrected chi connectivity index (χ2v) is 8.97. The number of rotatable bonds is 0. The number of carbonyl (C=O) groups is 1. The van der Waals surface area contributed by atoms with Gasteiger partial charge in [0.25, 0.3) is 0 Å². The number of hydrogen-bond donors (Lipinski definition) is 0. The highest BCUT2D eigenvalue weighted by atomic mass is 16.1. The topological polar surface area (TPSA) is 17.1 Å². The zero-order valence-electron chi connectivity index (χ0n) is 12.8. The first-order valence-corrected chi connectivity index (χ1v) is 8.74. The Kier molecular flexibility index (Phi) is 1.95. The lowest BCUT2D eigenvalue weighted by Gasteiger charge is -2.55. The van der Waals surface area contributed by atoms with Crippen LogP contribution in [0.2, 0.25) is 0 Å². The van der Waals surface area contributed by atoms with Crippen LogP contribution in [0, 0.1) is 39.9 Å². The highest BCUT2D eigenvalue weighted by molar-refractivity contribution is 5.87. The van der Waals surface area contributed by atoms with E-state index in [0.29, 0.717) is 28.4 Å². The van der Waals surface area contributed by atoms with Crippen molar-refractivity contribution in [3.8, 4) is 0 Å². The summed E-state index contributed by atoms with van der Waals surface area (Å²) in [4.78, 5) is 12.4. The Balaban J connectivity index is 1.59. The summed E-state index contributed by atoms with van der Waals surface area (Å²) in [6, 6.07) is 0. The summed E-state index contributed by atoms with van der Waals surface area (Å²) >= 11 is 0. The molecule has 0 N–H and O–H groups in total. The molecule has 1 heteroatoms. The molecule has 0 heterocycles. The normalized spacial score (nSPS) is 62.6. The molecule has 0 aromatic heterocycles. The fourth-order valence-electron chi connectivity index (χ4n) is 7.30. The molecule has 0 aliphatic heterocycles. The van der Waals surface area contributed by atoms with Crippen LogP contribution in [0.3, 0.4) is 0 Å². The van der Waals surface area contributed by atoms with E-state index in [9.17, 15) is 4.79 Å². The van der Waals surface area contributed by atoms with Gasteiger partial charge in [-0.15, -0.1) is 0 Å². The van der Waals surface area contributed by atoms with Crippen LogP contribution in [-0.2, 0) is 4.79 Å². The molecule has 20 heavy (non-hydrogen) atoms. The molecule has 5 rings (SSSR count). The molecule has 1 spiro atoms. The van der Waals surface area contributed by atoms with E-state index >= 15 is 0 Å². The number of allylic oxidation sites excluding steroid dienone is 2. The Hall–Kier alpha value is -0.590. The van der Waals surface area contributed by atoms with Gasteiger partial charge in [0.1, 0.15) is 5.78 Å². The third-order valence-electron chi connectivity index (χ3n) is 8.70. The summed E-state index contributed by atoms with van der Waals surface area (Å²) in [5, 5.41) is 0. The number of Topliss-reactive ketones (excluding diaryl/α,β-unsaturated/α-hetero) is 1. The largest absolute Gasteiger partial charge is 0.299 e. The van der Waals surface area contributed by atoms with Gasteiger partial charge in [0.15, 0.2) is 0 Å². The maximum Gasteiger partial charge on any atom is 0.139 e. The first-order valence-electron chi connectivity index (χ1n) is 8.74. The van der Waals surface area contributed by atoms with E-state index in [1.807, 2.05) is 0 Å². The lowest BCUT2D eigenvalue weighted by atomic mass is 9.49. The minimum atomic E-state index is 0.0218. The second kappa shape index (κ2) is 3.25. The van der Waals surface area contributed by atoms with E-state index in [1.165, 1.54) is 32.1 Å². The van der Waals surface area contributed by atoms with Crippen molar-refractivity contribution in [2.24, 2.45) is 39.9 Å². The molecule has 4 saturated carbocycles. The van der Waals surface area contributed by atoms with Crippen molar-refractivity contribution in [3.05, 3.63) is 12.2 Å². The smallest absolute Gasteiger partial charge is 0.139 e. The summed E-state index contributed by atoms with van der Waals surface area (Å²) < 4.78 is 0. The standard InChI is InChI=1S/C19H26O/c1-17-8-7-15-13(14(17)3-4-16(17)20)6-10-19-11-12(19)5-9-18(15,19)2/h6,10,12-15H,3-5,7-9,11H2,1-2H3/t12-,13-,14-,15-,17-,18+,19-/m0/s1. The van der Waals surface area contributed by atoms with Gasteiger partial charge in [-0.1, -0.05) is 26.0 Å². The van der Waals surface area contributed by atoms with Crippen molar-refractivity contribution in [2.45, 2.75) is 58.8 Å². The zero-order valence-corrected chi connectivity index (χ0v) is 12.8. The third-order valence-corrected chi connectivity index (χ3v) is 8.70. The van der Waals surface area contributed by atoms with Gasteiger partial charge in [0, 0.05) is 11.8 Å². The van der Waals surface area contributed by atoms with Gasteiger partial charge >= 0.3 is 0 Å². The molecule has 108 valence electrons. The number of carbonyl (C=O) groups excluding carboxylic acids is 1. The minimum absolute atomic E-state index is 0.0218. The summed E-state index contributed by atoms with van der Waals surface area (Å²) in [5.74, 6) is 3.79. The average Bonchev–Trinajstić information content (AvgIpc) is 2.96. The van der Waals surface area contributed by atoms with E-state index in [0.717, 1.165) is 24.7 Å². The van der Waals surface area contributed by atoms with E-state index < -0.39 is 0 Å². The van der Waals surface area contributed by atoms with Crippen LogP contribution in [0.4, 0.5) is 0 Å². The van der Waals surface area contributed by atoms with E-state index in [-0.39, 0.29) is 5.41 Å². The van der Waals surface area contributed by atoms with Gasteiger partial charge in [0.2, 0.25) is 0 Å². The first kappa shape index (κ1) is 12.0. The maximum absolute atomic E-state index is 12.4. The Bertz CT molecular complexity index is 534. The Morgan fingerprint density at radius 3 is 2.75 bits per heavy atom. The van der Waals surface area contributed by atoms with Gasteiger partial charge in [-0.3, -0.25) is 4.79 Å². The molecule has 0 aromatic carbocycles. The molecule has 0 amide bonds. The molecule has 0 saturated heterocycles. The molecule has 0 bridgehead atoms. The molecule has 1 nitrogen and oxygen atoms in total. The Morgan fingerprint density at radius 2 is 1.95 bits per heavy atom. The predicted octanol–water partition coefficient (Wildman–Crippen LogP) is 4.37. The highest BCUT2D eigenvalue weighted by Crippen LogP contribution is 2.79. The van der Waals surface area contributed by atoms with Crippen molar-refractivity contribution in [3.63, 3.8) is 0 Å². The van der Waals surface area contributed by atoms with Crippen LogP contribution in [0.25, 0.3) is 0 Å². The van der Waals surface area contributed by atoms with Crippen LogP contribution in [-0.4, -0.2) is 5.78 Å². The van der Waals surface area contributed by atoms with Crippen LogP contribution in [0.1, 0.15) is 58.8 Å². The summed E-state index contributed by atoms with van der Waals surface area (Å²) in [7, 11) is 0. The quantitative estimate of drug-likeness (QED) is 0.597. The molecule has 4 fully saturated rings. The minimum Gasteiger partial charge on any atom is -0.299 e. The third kappa shape index (κ3) is 1.06. The van der Waals surface area contributed by atoms with Gasteiger partial charge in [-0.2, -0.15) is 0 Å². The van der Waals surface area contributed by atoms with Crippen LogP contribution in [0.5, 0.6) is 0 Å². The van der Waals surface area contributed by atoms with Crippen LogP contribution < -0.4 is 0 Å². The van der Waals surface area contributed by atoms with Crippen LogP contribution in [0.15, 0.2) is 12.2 Å². The fourth-order valence-corrected chi connectivity index (χ4v) is 7.30. The van der Waals surface area contributed by atoms with Crippen molar-refractivity contribution >= 4 is 5.78 Å². The lowest BCUT2D eigenvalue weighted by molar-refractivity contribution is -0.131. The van der Waals surface area contributed by atoms with E-state index in [4.69, 9.17) is 0 Å². The van der Waals surface area contributed by atoms with Crippen molar-refractivity contribution in [1.82, 2.24) is 0 Å². The Morgan fingerprint density at radius 1 is 1.10 bits per heavy atom. The maximum atomic E-state index is 12.4. The molecule has 0 aromatic rings. The van der Waals surface area contributed by atoms with Crippen LogP contribution >= 0.6 is 0 Å². The predicted molar refractivity (Wildman–Crippen MR) is 79.1 cm³/mol. The van der Waals surface area contributed by atoms with Gasteiger partial charge < -0.3 is 0 Å². The molecule has 5 aliphatic rings. The highest BCUT2D eigenvalue weighted by Gasteiger charge is 2.72. The monoisotopic (exact) mass is 270 g/mol. The Labute approximate surface area is 122 Å². The van der Waals surface area contributed by atoms with Gasteiger partial charge in [-0.05, 0) is 73.0 Å². The van der Waals surface area contributed by atoms with Gasteiger partial charge in [-0.25, -0.2) is 0 Å². The summed E-state index contributed by atoms with van der Waals surface area (Å²) in [5.41, 5.74) is 1.17. The molecular formula is C19H26O.